The Hall–Kier alpha value is -0.800. The fraction of sp³-hybridized carbons (Fsp3) is 0.778. The van der Waals surface area contributed by atoms with Gasteiger partial charge in [0.1, 0.15) is 5.76 Å². The van der Waals surface area contributed by atoms with E-state index in [1.807, 2.05) is 0 Å². The van der Waals surface area contributed by atoms with Gasteiger partial charge in [0.15, 0.2) is 0 Å². The zero-order chi connectivity index (χ0) is 15.8. The van der Waals surface area contributed by atoms with Gasteiger partial charge in [0.25, 0.3) is 0 Å². The van der Waals surface area contributed by atoms with E-state index in [0.29, 0.717) is 12.1 Å². The fourth-order valence-corrected chi connectivity index (χ4v) is 4.36. The fourth-order valence-electron chi connectivity index (χ4n) is 4.36. The van der Waals surface area contributed by atoms with E-state index in [-0.39, 0.29) is 10.8 Å². The normalized spacial score (nSPS) is 36.9. The van der Waals surface area contributed by atoms with Crippen LogP contribution in [0, 0.1) is 10.8 Å². The number of rotatable bonds is 3. The molecule has 1 fully saturated rings. The topological polar surface area (TPSA) is 24.5 Å². The van der Waals surface area contributed by atoms with Crippen LogP contribution in [0.2, 0.25) is 0 Å². The molecule has 1 unspecified atom stereocenters. The van der Waals surface area contributed by atoms with Gasteiger partial charge < -0.3 is 15.0 Å². The summed E-state index contributed by atoms with van der Waals surface area (Å²) in [4.78, 5) is 2.46. The van der Waals surface area contributed by atoms with E-state index in [9.17, 15) is 0 Å². The van der Waals surface area contributed by atoms with Crippen LogP contribution in [0.15, 0.2) is 23.5 Å². The summed E-state index contributed by atoms with van der Waals surface area (Å²) < 4.78 is 5.52. The first-order chi connectivity index (χ1) is 9.76. The number of ether oxygens (including phenoxy) is 1. The Morgan fingerprint density at radius 1 is 1.33 bits per heavy atom. The van der Waals surface area contributed by atoms with Crippen LogP contribution < -0.4 is 5.32 Å². The monoisotopic (exact) mass is 292 g/mol. The summed E-state index contributed by atoms with van der Waals surface area (Å²) in [5.41, 5.74) is 1.90. The highest BCUT2D eigenvalue weighted by atomic mass is 16.5. The van der Waals surface area contributed by atoms with Gasteiger partial charge in [-0.15, -0.1) is 0 Å². The molecule has 1 aliphatic carbocycles. The van der Waals surface area contributed by atoms with E-state index >= 15 is 0 Å². The average Bonchev–Trinajstić information content (AvgIpc) is 2.44. The Bertz CT molecular complexity index is 452. The van der Waals surface area contributed by atoms with Crippen molar-refractivity contribution in [2.75, 3.05) is 27.7 Å². The maximum Gasteiger partial charge on any atom is 0.114 e. The Balaban J connectivity index is 2.45. The second-order valence-corrected chi connectivity index (χ2v) is 7.61. The maximum absolute atomic E-state index is 5.52. The molecule has 0 spiro atoms. The lowest BCUT2D eigenvalue weighted by molar-refractivity contribution is 0.0547. The second-order valence-electron chi connectivity index (χ2n) is 7.61. The van der Waals surface area contributed by atoms with E-state index in [0.717, 1.165) is 18.7 Å². The SMILES string of the molecule is CN[C@@H]1C(C)N(C)CC[C@]1(C)C1=CC(OC)=CCC1(C)C. The molecule has 3 atom stereocenters. The molecule has 2 rings (SSSR count). The third kappa shape index (κ3) is 2.78. The van der Waals surface area contributed by atoms with Crippen molar-refractivity contribution in [1.82, 2.24) is 10.2 Å². The van der Waals surface area contributed by atoms with Crippen LogP contribution in [0.1, 0.15) is 40.5 Å². The van der Waals surface area contributed by atoms with Crippen LogP contribution in [-0.4, -0.2) is 44.7 Å². The summed E-state index contributed by atoms with van der Waals surface area (Å²) in [5, 5.41) is 3.60. The largest absolute Gasteiger partial charge is 0.497 e. The molecule has 3 nitrogen and oxygen atoms in total. The number of methoxy groups -OCH3 is 1. The molecule has 120 valence electrons. The molecule has 3 heteroatoms. The lowest BCUT2D eigenvalue weighted by Gasteiger charge is -2.54. The highest BCUT2D eigenvalue weighted by Crippen LogP contribution is 2.51. The van der Waals surface area contributed by atoms with Gasteiger partial charge >= 0.3 is 0 Å². The molecule has 1 aliphatic heterocycles. The van der Waals surface area contributed by atoms with Crippen molar-refractivity contribution in [3.8, 4) is 0 Å². The first kappa shape index (κ1) is 16.6. The van der Waals surface area contributed by atoms with Gasteiger partial charge in [0.05, 0.1) is 7.11 Å². The lowest BCUT2D eigenvalue weighted by Crippen LogP contribution is -2.61. The van der Waals surface area contributed by atoms with Gasteiger partial charge in [0, 0.05) is 17.5 Å². The average molecular weight is 292 g/mol. The number of piperidine rings is 1. The first-order valence-corrected chi connectivity index (χ1v) is 8.10. The van der Waals surface area contributed by atoms with E-state index in [1.54, 1.807) is 7.11 Å². The molecule has 0 amide bonds. The summed E-state index contributed by atoms with van der Waals surface area (Å²) in [6.45, 7) is 10.6. The molecule has 0 aromatic rings. The van der Waals surface area contributed by atoms with Crippen molar-refractivity contribution < 1.29 is 4.74 Å². The minimum absolute atomic E-state index is 0.169. The Kier molecular flexibility index (Phi) is 4.55. The van der Waals surface area contributed by atoms with Crippen molar-refractivity contribution in [2.45, 2.75) is 52.6 Å². The summed E-state index contributed by atoms with van der Waals surface area (Å²) in [6, 6.07) is 0.986. The molecule has 0 saturated carbocycles. The molecule has 21 heavy (non-hydrogen) atoms. The van der Waals surface area contributed by atoms with Crippen LogP contribution in [-0.2, 0) is 4.74 Å². The number of nitrogens with zero attached hydrogens (tertiary/aromatic N) is 1. The number of likely N-dealkylation sites (N-methyl/N-ethyl adjacent to an activating group) is 2. The third-order valence-corrected chi connectivity index (χ3v) is 5.84. The van der Waals surface area contributed by atoms with Gasteiger partial charge in [-0.05, 0) is 58.0 Å². The molecule has 0 aromatic carbocycles. The Morgan fingerprint density at radius 2 is 2.00 bits per heavy atom. The molecule has 0 bridgehead atoms. The van der Waals surface area contributed by atoms with E-state index < -0.39 is 0 Å². The first-order valence-electron chi connectivity index (χ1n) is 8.10. The van der Waals surface area contributed by atoms with Crippen LogP contribution in [0.25, 0.3) is 0 Å². The van der Waals surface area contributed by atoms with Crippen LogP contribution in [0.5, 0.6) is 0 Å². The number of hydrogen-bond donors (Lipinski definition) is 1. The Labute approximate surface area is 130 Å². The highest BCUT2D eigenvalue weighted by Gasteiger charge is 2.48. The second kappa shape index (κ2) is 5.77. The quantitative estimate of drug-likeness (QED) is 0.864. The number of allylic oxidation sites excluding steroid dienone is 2. The molecule has 1 heterocycles. The summed E-state index contributed by atoms with van der Waals surface area (Å²) in [5.74, 6) is 1.02. The number of likely N-dealkylation sites (tertiary alicyclic amines) is 1. The smallest absolute Gasteiger partial charge is 0.114 e. The van der Waals surface area contributed by atoms with Crippen LogP contribution >= 0.6 is 0 Å². The van der Waals surface area contributed by atoms with Crippen molar-refractivity contribution >= 4 is 0 Å². The van der Waals surface area contributed by atoms with Crippen molar-refractivity contribution in [3.63, 3.8) is 0 Å². The minimum atomic E-state index is 0.169. The lowest BCUT2D eigenvalue weighted by atomic mass is 9.59. The van der Waals surface area contributed by atoms with Gasteiger partial charge in [0.2, 0.25) is 0 Å². The molecule has 1 N–H and O–H groups in total. The van der Waals surface area contributed by atoms with E-state index in [1.165, 1.54) is 12.0 Å². The summed E-state index contributed by atoms with van der Waals surface area (Å²) >= 11 is 0. The Morgan fingerprint density at radius 3 is 2.57 bits per heavy atom. The number of nitrogens with one attached hydrogen (secondary N) is 1. The maximum atomic E-state index is 5.52. The summed E-state index contributed by atoms with van der Waals surface area (Å²) in [6.07, 6.45) is 6.76. The summed E-state index contributed by atoms with van der Waals surface area (Å²) in [7, 11) is 6.10. The predicted octanol–water partition coefficient (Wildman–Crippen LogP) is 3.19. The molecular weight excluding hydrogens is 260 g/mol. The highest BCUT2D eigenvalue weighted by molar-refractivity contribution is 5.36. The molecule has 1 saturated heterocycles. The van der Waals surface area contributed by atoms with Gasteiger partial charge in [-0.25, -0.2) is 0 Å². The zero-order valence-electron chi connectivity index (χ0n) is 14.8. The zero-order valence-corrected chi connectivity index (χ0v) is 14.8. The predicted molar refractivity (Wildman–Crippen MR) is 89.2 cm³/mol. The van der Waals surface area contributed by atoms with Gasteiger partial charge in [-0.3, -0.25) is 0 Å². The minimum Gasteiger partial charge on any atom is -0.497 e. The van der Waals surface area contributed by atoms with Gasteiger partial charge in [-0.1, -0.05) is 26.3 Å². The standard InChI is InChI=1S/C18H32N2O/c1-13-16(19-5)18(4,10-11-20(13)6)15-12-14(21-7)8-9-17(15,2)3/h8,12-13,16,19H,9-11H2,1-7H3/t13?,16-,18-/m1/s1. The molecular formula is C18H32N2O. The van der Waals surface area contributed by atoms with Crippen LogP contribution in [0.4, 0.5) is 0 Å². The van der Waals surface area contributed by atoms with E-state index in [2.05, 4.69) is 64.2 Å². The van der Waals surface area contributed by atoms with Gasteiger partial charge in [-0.2, -0.15) is 0 Å². The van der Waals surface area contributed by atoms with E-state index in [4.69, 9.17) is 4.74 Å². The van der Waals surface area contributed by atoms with Crippen molar-refractivity contribution in [2.24, 2.45) is 10.8 Å². The molecule has 0 aromatic heterocycles. The number of hydrogen-bond acceptors (Lipinski definition) is 3. The molecule has 2 aliphatic rings. The third-order valence-electron chi connectivity index (χ3n) is 5.84. The van der Waals surface area contributed by atoms with Crippen LogP contribution in [0.3, 0.4) is 0 Å². The van der Waals surface area contributed by atoms with Crippen molar-refractivity contribution in [3.05, 3.63) is 23.5 Å². The van der Waals surface area contributed by atoms with Crippen molar-refractivity contribution in [1.29, 1.82) is 0 Å². The molecule has 0 radical (unpaired) electrons.